The Morgan fingerprint density at radius 1 is 1.10 bits per heavy atom. The van der Waals surface area contributed by atoms with Gasteiger partial charge in [-0.25, -0.2) is 8.42 Å². The van der Waals surface area contributed by atoms with Crippen LogP contribution < -0.4 is 5.32 Å². The number of carbonyl (C=O) groups is 1. The van der Waals surface area contributed by atoms with Gasteiger partial charge in [0.2, 0.25) is 15.9 Å². The van der Waals surface area contributed by atoms with Gasteiger partial charge in [-0.1, -0.05) is 18.2 Å². The van der Waals surface area contributed by atoms with Crippen molar-refractivity contribution in [3.05, 3.63) is 54.1 Å². The molecule has 1 aliphatic rings. The van der Waals surface area contributed by atoms with Crippen molar-refractivity contribution >= 4 is 33.4 Å². The topological polar surface area (TPSA) is 66.5 Å². The lowest BCUT2D eigenvalue weighted by molar-refractivity contribution is -0.139. The third kappa shape index (κ3) is 4.98. The molecule has 0 aromatic heterocycles. The Morgan fingerprint density at radius 3 is 2.40 bits per heavy atom. The molecule has 0 radical (unpaired) electrons. The van der Waals surface area contributed by atoms with E-state index >= 15 is 0 Å². The van der Waals surface area contributed by atoms with E-state index in [1.54, 1.807) is 17.8 Å². The van der Waals surface area contributed by atoms with Gasteiger partial charge in [-0.2, -0.15) is 17.5 Å². The quantitative estimate of drug-likeness (QED) is 0.672. The van der Waals surface area contributed by atoms with Gasteiger partial charge in [0.25, 0.3) is 0 Å². The number of nitrogens with one attached hydrogen (secondary N) is 1. The average molecular weight is 459 g/mol. The van der Waals surface area contributed by atoms with Crippen LogP contribution in [0, 0.1) is 5.92 Å². The molecule has 1 saturated heterocycles. The third-order valence-corrected chi connectivity index (χ3v) is 7.65. The van der Waals surface area contributed by atoms with E-state index in [2.05, 4.69) is 5.32 Å². The van der Waals surface area contributed by atoms with Crippen LogP contribution in [0.4, 0.5) is 18.9 Å². The Hall–Kier alpha value is -2.04. The minimum absolute atomic E-state index is 0.0164. The molecule has 1 amide bonds. The predicted octanol–water partition coefficient (Wildman–Crippen LogP) is 4.47. The van der Waals surface area contributed by atoms with Crippen molar-refractivity contribution in [3.8, 4) is 0 Å². The highest BCUT2D eigenvalue weighted by Gasteiger charge is 2.40. The molecule has 0 atom stereocenters. The molecule has 1 fully saturated rings. The number of nitrogens with zero attached hydrogens (tertiary/aromatic N) is 1. The largest absolute Gasteiger partial charge is 0.417 e. The zero-order valence-electron chi connectivity index (χ0n) is 16.1. The summed E-state index contributed by atoms with van der Waals surface area (Å²) in [5.74, 6) is -0.631. The summed E-state index contributed by atoms with van der Waals surface area (Å²) < 4.78 is 66.4. The number of carbonyl (C=O) groups excluding carboxylic acids is 1. The highest BCUT2D eigenvalue weighted by molar-refractivity contribution is 7.98. The monoisotopic (exact) mass is 458 g/mol. The summed E-state index contributed by atoms with van der Waals surface area (Å²) >= 11 is 1.54. The molecule has 1 aliphatic heterocycles. The smallest absolute Gasteiger partial charge is 0.326 e. The highest BCUT2D eigenvalue weighted by Crippen LogP contribution is 2.36. The Morgan fingerprint density at radius 2 is 1.77 bits per heavy atom. The van der Waals surface area contributed by atoms with Crippen molar-refractivity contribution in [1.29, 1.82) is 0 Å². The first-order valence-electron chi connectivity index (χ1n) is 9.24. The first kappa shape index (κ1) is 22.6. The fourth-order valence-electron chi connectivity index (χ4n) is 3.37. The fraction of sp³-hybridized carbons (Fsp3) is 0.350. The van der Waals surface area contributed by atoms with Crippen molar-refractivity contribution in [2.24, 2.45) is 5.92 Å². The van der Waals surface area contributed by atoms with Crippen LogP contribution in [0.15, 0.2) is 58.3 Å². The van der Waals surface area contributed by atoms with Gasteiger partial charge in [-0.15, -0.1) is 11.8 Å². The van der Waals surface area contributed by atoms with Gasteiger partial charge < -0.3 is 5.32 Å². The number of halogens is 3. The number of hydrogen-bond donors (Lipinski definition) is 1. The van der Waals surface area contributed by atoms with Gasteiger partial charge in [-0.05, 0) is 49.4 Å². The maximum absolute atomic E-state index is 13.2. The van der Waals surface area contributed by atoms with Gasteiger partial charge in [0.1, 0.15) is 0 Å². The summed E-state index contributed by atoms with van der Waals surface area (Å²) in [6.07, 6.45) is -2.37. The Kier molecular flexibility index (Phi) is 6.78. The van der Waals surface area contributed by atoms with E-state index < -0.39 is 32.6 Å². The Labute approximate surface area is 177 Å². The van der Waals surface area contributed by atoms with E-state index in [1.165, 1.54) is 6.07 Å². The van der Waals surface area contributed by atoms with E-state index in [0.717, 1.165) is 27.4 Å². The SMILES string of the molecule is CSc1cccc(NC(=O)C2CCN(S(=O)(=O)c3ccccc3C(F)(F)F)CC2)c1. The highest BCUT2D eigenvalue weighted by atomic mass is 32.2. The molecule has 0 aliphatic carbocycles. The molecular formula is C20H21F3N2O3S2. The number of alkyl halides is 3. The van der Waals surface area contributed by atoms with Crippen molar-refractivity contribution in [1.82, 2.24) is 4.31 Å². The molecule has 0 spiro atoms. The number of sulfonamides is 1. The number of benzene rings is 2. The lowest BCUT2D eigenvalue weighted by Gasteiger charge is -2.31. The summed E-state index contributed by atoms with van der Waals surface area (Å²) in [7, 11) is -4.31. The van der Waals surface area contributed by atoms with E-state index in [1.807, 2.05) is 24.5 Å². The molecule has 10 heteroatoms. The summed E-state index contributed by atoms with van der Waals surface area (Å²) in [5, 5.41) is 2.83. The summed E-state index contributed by atoms with van der Waals surface area (Å²) in [6.45, 7) is -0.0328. The molecular weight excluding hydrogens is 437 g/mol. The van der Waals surface area contributed by atoms with Crippen LogP contribution in [-0.4, -0.2) is 38.0 Å². The lowest BCUT2D eigenvalue weighted by atomic mass is 9.97. The molecule has 1 heterocycles. The molecule has 0 bridgehead atoms. The second-order valence-corrected chi connectivity index (χ2v) is 9.68. The van der Waals surface area contributed by atoms with Crippen molar-refractivity contribution < 1.29 is 26.4 Å². The number of hydrogen-bond acceptors (Lipinski definition) is 4. The zero-order valence-corrected chi connectivity index (χ0v) is 17.8. The molecule has 2 aromatic carbocycles. The van der Waals surface area contributed by atoms with Gasteiger partial charge in [-0.3, -0.25) is 4.79 Å². The zero-order chi connectivity index (χ0) is 21.9. The second kappa shape index (κ2) is 8.99. The van der Waals surface area contributed by atoms with Crippen LogP contribution in [-0.2, 0) is 21.0 Å². The molecule has 0 unspecified atom stereocenters. The van der Waals surface area contributed by atoms with Crippen LogP contribution in [0.25, 0.3) is 0 Å². The fourth-order valence-corrected chi connectivity index (χ4v) is 5.51. The maximum Gasteiger partial charge on any atom is 0.417 e. The minimum atomic E-state index is -4.77. The summed E-state index contributed by atoms with van der Waals surface area (Å²) in [6, 6.07) is 11.5. The molecule has 162 valence electrons. The summed E-state index contributed by atoms with van der Waals surface area (Å²) in [4.78, 5) is 12.8. The van der Waals surface area contributed by atoms with Gasteiger partial charge >= 0.3 is 6.18 Å². The minimum Gasteiger partial charge on any atom is -0.326 e. The van der Waals surface area contributed by atoms with Crippen molar-refractivity contribution in [3.63, 3.8) is 0 Å². The van der Waals surface area contributed by atoms with E-state index in [9.17, 15) is 26.4 Å². The van der Waals surface area contributed by atoms with Gasteiger partial charge in [0.15, 0.2) is 0 Å². The van der Waals surface area contributed by atoms with Crippen LogP contribution in [0.1, 0.15) is 18.4 Å². The maximum atomic E-state index is 13.2. The summed E-state index contributed by atoms with van der Waals surface area (Å²) in [5.41, 5.74) is -0.528. The van der Waals surface area contributed by atoms with Crippen LogP contribution in [0.5, 0.6) is 0 Å². The molecule has 5 nitrogen and oxygen atoms in total. The number of anilines is 1. The molecule has 1 N–H and O–H groups in total. The average Bonchev–Trinajstić information content (AvgIpc) is 2.73. The second-order valence-electron chi connectivity index (χ2n) is 6.89. The van der Waals surface area contributed by atoms with Gasteiger partial charge in [0, 0.05) is 29.6 Å². The molecule has 2 aromatic rings. The van der Waals surface area contributed by atoms with Crippen molar-refractivity contribution in [2.45, 2.75) is 28.8 Å². The van der Waals surface area contributed by atoms with E-state index in [0.29, 0.717) is 5.69 Å². The number of amides is 1. The number of thioether (sulfide) groups is 1. The molecule has 3 rings (SSSR count). The normalized spacial score (nSPS) is 16.4. The van der Waals surface area contributed by atoms with Crippen LogP contribution >= 0.6 is 11.8 Å². The standard InChI is InChI=1S/C20H21F3N2O3S2/c1-29-16-6-4-5-15(13-16)24-19(26)14-9-11-25(12-10-14)30(27,28)18-8-3-2-7-17(18)20(21,22)23/h2-8,13-14H,9-12H2,1H3,(H,24,26). The molecule has 30 heavy (non-hydrogen) atoms. The van der Waals surface area contributed by atoms with Crippen molar-refractivity contribution in [2.75, 3.05) is 24.7 Å². The number of rotatable bonds is 5. The predicted molar refractivity (Wildman–Crippen MR) is 110 cm³/mol. The first-order chi connectivity index (χ1) is 14.1. The Bertz CT molecular complexity index is 1020. The van der Waals surface area contributed by atoms with E-state index in [4.69, 9.17) is 0 Å². The van der Waals surface area contributed by atoms with Crippen LogP contribution in [0.2, 0.25) is 0 Å². The lowest BCUT2D eigenvalue weighted by Crippen LogP contribution is -2.41. The van der Waals surface area contributed by atoms with E-state index in [-0.39, 0.29) is 31.8 Å². The molecule has 0 saturated carbocycles. The van der Waals surface area contributed by atoms with Crippen LogP contribution in [0.3, 0.4) is 0 Å². The third-order valence-electron chi connectivity index (χ3n) is 4.97. The first-order valence-corrected chi connectivity index (χ1v) is 11.9. The Balaban J connectivity index is 1.68. The van der Waals surface area contributed by atoms with Gasteiger partial charge in [0.05, 0.1) is 10.5 Å². The number of piperidine rings is 1.